The summed E-state index contributed by atoms with van der Waals surface area (Å²) in [5.41, 5.74) is 6.21. The number of ether oxygens (including phenoxy) is 2. The molecule has 1 aliphatic heterocycles. The maximum atomic E-state index is 6.21. The van der Waals surface area contributed by atoms with Crippen LogP contribution in [0.25, 0.3) is 0 Å². The van der Waals surface area contributed by atoms with Crippen LogP contribution in [0.5, 0.6) is 0 Å². The van der Waals surface area contributed by atoms with Crippen molar-refractivity contribution in [2.75, 3.05) is 27.3 Å². The Bertz CT molecular complexity index is 396. The highest BCUT2D eigenvalue weighted by molar-refractivity contribution is 7.12. The number of nitrogens with zero attached hydrogens (tertiary/aromatic N) is 1. The molecule has 1 aliphatic rings. The third-order valence-electron chi connectivity index (χ3n) is 3.79. The number of nitrogens with two attached hydrogens (primary N) is 1. The van der Waals surface area contributed by atoms with E-state index < -0.39 is 0 Å². The van der Waals surface area contributed by atoms with E-state index in [1.54, 1.807) is 14.2 Å². The van der Waals surface area contributed by atoms with Gasteiger partial charge in [-0.1, -0.05) is 0 Å². The molecule has 5 heteroatoms. The Hall–Kier alpha value is -0.460. The maximum absolute atomic E-state index is 6.21. The summed E-state index contributed by atoms with van der Waals surface area (Å²) >= 11 is 1.83. The lowest BCUT2D eigenvalue weighted by Gasteiger charge is -2.30. The number of hydrogen-bond acceptors (Lipinski definition) is 5. The molecule has 1 aromatic rings. The number of rotatable bonds is 5. The Kier molecular flexibility index (Phi) is 4.97. The van der Waals surface area contributed by atoms with Crippen LogP contribution in [0, 0.1) is 6.92 Å². The van der Waals surface area contributed by atoms with Gasteiger partial charge in [0.1, 0.15) is 0 Å². The van der Waals surface area contributed by atoms with Crippen molar-refractivity contribution in [1.82, 2.24) is 4.90 Å². The van der Waals surface area contributed by atoms with Crippen molar-refractivity contribution in [1.29, 1.82) is 0 Å². The van der Waals surface area contributed by atoms with Gasteiger partial charge in [-0.3, -0.25) is 4.90 Å². The van der Waals surface area contributed by atoms with Crippen LogP contribution >= 0.6 is 11.3 Å². The molecule has 0 saturated carbocycles. The van der Waals surface area contributed by atoms with E-state index in [4.69, 9.17) is 15.2 Å². The summed E-state index contributed by atoms with van der Waals surface area (Å²) in [7, 11) is 3.49. The normalized spacial score (nSPS) is 27.6. The van der Waals surface area contributed by atoms with Gasteiger partial charge < -0.3 is 15.2 Å². The molecular weight excluding hydrogens is 260 g/mol. The minimum Gasteiger partial charge on any atom is -0.377 e. The average molecular weight is 284 g/mol. The summed E-state index contributed by atoms with van der Waals surface area (Å²) in [5.74, 6) is 0. The molecule has 1 saturated heterocycles. The summed E-state index contributed by atoms with van der Waals surface area (Å²) in [6, 6.07) is 4.69. The predicted octanol–water partition coefficient (Wildman–Crippen LogP) is 1.79. The van der Waals surface area contributed by atoms with E-state index in [-0.39, 0.29) is 24.3 Å². The molecule has 19 heavy (non-hydrogen) atoms. The largest absolute Gasteiger partial charge is 0.377 e. The van der Waals surface area contributed by atoms with Crippen molar-refractivity contribution in [3.8, 4) is 0 Å². The second-order valence-electron chi connectivity index (χ2n) is 5.25. The van der Waals surface area contributed by atoms with Crippen LogP contribution in [0.3, 0.4) is 0 Å². The van der Waals surface area contributed by atoms with E-state index in [1.807, 2.05) is 11.3 Å². The zero-order chi connectivity index (χ0) is 14.0. The monoisotopic (exact) mass is 284 g/mol. The van der Waals surface area contributed by atoms with Gasteiger partial charge in [0.05, 0.1) is 18.2 Å². The Morgan fingerprint density at radius 1 is 1.26 bits per heavy atom. The highest BCUT2D eigenvalue weighted by Crippen LogP contribution is 2.33. The number of methoxy groups -OCH3 is 2. The quantitative estimate of drug-likeness (QED) is 0.895. The standard InChI is InChI=1S/C14H24N2O2S/c1-9-5-6-13(19-9)14(10(2)15)16-7-11(17-3)12(8-16)18-4/h5-6,10-12,14H,7-8,15H2,1-4H3. The first kappa shape index (κ1) is 14.9. The molecule has 0 aromatic carbocycles. The molecule has 0 aliphatic carbocycles. The van der Waals surface area contributed by atoms with Crippen molar-refractivity contribution in [3.05, 3.63) is 21.9 Å². The molecule has 1 fully saturated rings. The van der Waals surface area contributed by atoms with Crippen LogP contribution < -0.4 is 5.73 Å². The fourth-order valence-electron chi connectivity index (χ4n) is 2.84. The van der Waals surface area contributed by atoms with Gasteiger partial charge in [-0.15, -0.1) is 11.3 Å². The van der Waals surface area contributed by atoms with E-state index in [9.17, 15) is 0 Å². The van der Waals surface area contributed by atoms with Crippen LogP contribution in [0.1, 0.15) is 22.7 Å². The van der Waals surface area contributed by atoms with Crippen molar-refractivity contribution < 1.29 is 9.47 Å². The van der Waals surface area contributed by atoms with E-state index >= 15 is 0 Å². The zero-order valence-electron chi connectivity index (χ0n) is 12.1. The summed E-state index contributed by atoms with van der Waals surface area (Å²) in [6.45, 7) is 5.95. The minimum absolute atomic E-state index is 0.0890. The van der Waals surface area contributed by atoms with Crippen molar-refractivity contribution in [3.63, 3.8) is 0 Å². The fraction of sp³-hybridized carbons (Fsp3) is 0.714. The SMILES string of the molecule is COC1CN(C(c2ccc(C)s2)C(C)N)CC1OC. The Labute approximate surface area is 119 Å². The third kappa shape index (κ3) is 3.17. The van der Waals surface area contributed by atoms with Crippen molar-refractivity contribution in [2.45, 2.75) is 38.1 Å². The number of hydrogen-bond donors (Lipinski definition) is 1. The Morgan fingerprint density at radius 2 is 1.84 bits per heavy atom. The molecule has 0 bridgehead atoms. The molecule has 4 nitrogen and oxygen atoms in total. The van der Waals surface area contributed by atoms with Gasteiger partial charge in [0.15, 0.2) is 0 Å². The molecule has 2 N–H and O–H groups in total. The molecule has 2 rings (SSSR count). The van der Waals surface area contributed by atoms with E-state index in [1.165, 1.54) is 9.75 Å². The maximum Gasteiger partial charge on any atom is 0.0972 e. The molecule has 0 radical (unpaired) electrons. The summed E-state index contributed by atoms with van der Waals surface area (Å²) in [6.07, 6.45) is 0.264. The molecule has 0 spiro atoms. The second kappa shape index (κ2) is 6.33. The van der Waals surface area contributed by atoms with Crippen LogP contribution in [0.4, 0.5) is 0 Å². The van der Waals surface area contributed by atoms with E-state index in [0.717, 1.165) is 13.1 Å². The smallest absolute Gasteiger partial charge is 0.0972 e. The van der Waals surface area contributed by atoms with Crippen LogP contribution in [-0.2, 0) is 9.47 Å². The zero-order valence-corrected chi connectivity index (χ0v) is 12.9. The topological polar surface area (TPSA) is 47.7 Å². The van der Waals surface area contributed by atoms with E-state index in [2.05, 4.69) is 30.9 Å². The van der Waals surface area contributed by atoms with Gasteiger partial charge in [-0.2, -0.15) is 0 Å². The average Bonchev–Trinajstić information content (AvgIpc) is 2.96. The van der Waals surface area contributed by atoms with Crippen molar-refractivity contribution in [2.24, 2.45) is 5.73 Å². The van der Waals surface area contributed by atoms with Gasteiger partial charge in [0.2, 0.25) is 0 Å². The van der Waals surface area contributed by atoms with Crippen LogP contribution in [-0.4, -0.2) is 50.5 Å². The summed E-state index contributed by atoms with van der Waals surface area (Å²) < 4.78 is 11.0. The van der Waals surface area contributed by atoms with Gasteiger partial charge in [-0.05, 0) is 26.0 Å². The minimum atomic E-state index is 0.0890. The Balaban J connectivity index is 2.17. The van der Waals surface area contributed by atoms with E-state index in [0.29, 0.717) is 0 Å². The molecular formula is C14H24N2O2S. The molecule has 4 atom stereocenters. The first-order valence-corrected chi connectivity index (χ1v) is 7.50. The first-order valence-electron chi connectivity index (χ1n) is 6.68. The molecule has 108 valence electrons. The highest BCUT2D eigenvalue weighted by Gasteiger charge is 2.38. The number of likely N-dealkylation sites (tertiary alicyclic amines) is 1. The van der Waals surface area contributed by atoms with Gasteiger partial charge >= 0.3 is 0 Å². The van der Waals surface area contributed by atoms with Crippen LogP contribution in [0.15, 0.2) is 12.1 Å². The first-order chi connectivity index (χ1) is 9.06. The summed E-state index contributed by atoms with van der Waals surface area (Å²) in [4.78, 5) is 5.05. The van der Waals surface area contributed by atoms with Crippen LogP contribution in [0.2, 0.25) is 0 Å². The van der Waals surface area contributed by atoms with Gasteiger partial charge in [0, 0.05) is 43.1 Å². The highest BCUT2D eigenvalue weighted by atomic mass is 32.1. The second-order valence-corrected chi connectivity index (χ2v) is 6.57. The third-order valence-corrected chi connectivity index (χ3v) is 4.86. The number of thiophene rings is 1. The molecule has 4 unspecified atom stereocenters. The lowest BCUT2D eigenvalue weighted by molar-refractivity contribution is -0.00461. The summed E-state index contributed by atoms with van der Waals surface area (Å²) in [5, 5.41) is 0. The Morgan fingerprint density at radius 3 is 2.21 bits per heavy atom. The lowest BCUT2D eigenvalue weighted by atomic mass is 10.1. The molecule has 1 aromatic heterocycles. The molecule has 2 heterocycles. The van der Waals surface area contributed by atoms with Gasteiger partial charge in [0.25, 0.3) is 0 Å². The lowest BCUT2D eigenvalue weighted by Crippen LogP contribution is -2.38. The van der Waals surface area contributed by atoms with Crippen molar-refractivity contribution >= 4 is 11.3 Å². The fourth-order valence-corrected chi connectivity index (χ4v) is 3.96. The molecule has 0 amide bonds. The van der Waals surface area contributed by atoms with Gasteiger partial charge in [-0.25, -0.2) is 0 Å². The predicted molar refractivity (Wildman–Crippen MR) is 78.6 cm³/mol. The number of aryl methyl sites for hydroxylation is 1.